The van der Waals surface area contributed by atoms with E-state index in [1.807, 2.05) is 63.4 Å². The van der Waals surface area contributed by atoms with Crippen molar-refractivity contribution in [2.24, 2.45) is 0 Å². The van der Waals surface area contributed by atoms with Gasteiger partial charge >= 0.3 is 12.1 Å². The number of carbonyl (C=O) groups excluding carboxylic acids is 2. The van der Waals surface area contributed by atoms with Crippen LogP contribution in [0.2, 0.25) is 0 Å². The summed E-state index contributed by atoms with van der Waals surface area (Å²) in [5.74, 6) is 0.828. The predicted octanol–water partition coefficient (Wildman–Crippen LogP) is 6.11. The van der Waals surface area contributed by atoms with Gasteiger partial charge in [-0.15, -0.1) is 0 Å². The first kappa shape index (κ1) is 27.2. The zero-order chi connectivity index (χ0) is 28.3. The summed E-state index contributed by atoms with van der Waals surface area (Å²) in [6, 6.07) is 17.1. The highest BCUT2D eigenvalue weighted by Crippen LogP contribution is 2.31. The molecule has 0 unspecified atom stereocenters. The smallest absolute Gasteiger partial charge is 0.410 e. The molecule has 1 N–H and O–H groups in total. The van der Waals surface area contributed by atoms with Gasteiger partial charge in [0.1, 0.15) is 34.9 Å². The highest BCUT2D eigenvalue weighted by atomic mass is 16.6. The zero-order valence-electron chi connectivity index (χ0n) is 23.3. The number of fused-ring (bicyclic) bond motifs is 1. The number of aromatic nitrogens is 3. The van der Waals surface area contributed by atoms with Crippen molar-refractivity contribution >= 4 is 23.2 Å². The number of nitrogens with zero attached hydrogens (tertiary/aromatic N) is 3. The molecule has 4 aromatic rings. The average Bonchev–Trinajstić information content (AvgIpc) is 3.39. The van der Waals surface area contributed by atoms with Crippen molar-refractivity contribution in [2.75, 3.05) is 20.2 Å². The standard InChI is InChI=1S/C31H34N4O5/c1-31(2,3)40-30(37)35-14-12-21(13-15-35)23-17-25-28(32-18-23)34-27(33-25)22-10-11-26(24(16-22)29(36)38-4)39-19-20-8-6-5-7-9-20/h5-11,16-18,21H,12-15,19H2,1-4H3,(H,32,33,34). The van der Waals surface area contributed by atoms with Crippen LogP contribution in [0, 0.1) is 0 Å². The first-order valence-electron chi connectivity index (χ1n) is 13.4. The van der Waals surface area contributed by atoms with E-state index in [-0.39, 0.29) is 12.0 Å². The number of amides is 1. The van der Waals surface area contributed by atoms with Crippen molar-refractivity contribution in [3.63, 3.8) is 0 Å². The van der Waals surface area contributed by atoms with Crippen LogP contribution in [0.1, 0.15) is 61.0 Å². The number of imidazole rings is 1. The molecule has 9 heteroatoms. The monoisotopic (exact) mass is 542 g/mol. The van der Waals surface area contributed by atoms with Crippen molar-refractivity contribution in [3.8, 4) is 17.1 Å². The van der Waals surface area contributed by atoms with E-state index in [4.69, 9.17) is 19.2 Å². The Labute approximate surface area is 233 Å². The van der Waals surface area contributed by atoms with Gasteiger partial charge in [0.15, 0.2) is 5.65 Å². The third-order valence-corrected chi connectivity index (χ3v) is 6.87. The van der Waals surface area contributed by atoms with Crippen molar-refractivity contribution in [1.82, 2.24) is 19.9 Å². The lowest BCUT2D eigenvalue weighted by molar-refractivity contribution is 0.0204. The lowest BCUT2D eigenvalue weighted by Crippen LogP contribution is -2.41. The van der Waals surface area contributed by atoms with E-state index in [9.17, 15) is 9.59 Å². The summed E-state index contributed by atoms with van der Waals surface area (Å²) in [6.45, 7) is 7.23. The first-order valence-corrected chi connectivity index (χ1v) is 13.4. The van der Waals surface area contributed by atoms with E-state index < -0.39 is 11.6 Å². The minimum atomic E-state index is -0.506. The number of H-pyrrole nitrogens is 1. The molecule has 0 spiro atoms. The fourth-order valence-corrected chi connectivity index (χ4v) is 4.80. The third-order valence-electron chi connectivity index (χ3n) is 6.87. The van der Waals surface area contributed by atoms with Crippen molar-refractivity contribution < 1.29 is 23.8 Å². The number of piperidine rings is 1. The number of methoxy groups -OCH3 is 1. The maximum atomic E-state index is 12.6. The number of ether oxygens (including phenoxy) is 3. The fourth-order valence-electron chi connectivity index (χ4n) is 4.80. The van der Waals surface area contributed by atoms with Gasteiger partial charge in [0.25, 0.3) is 0 Å². The summed E-state index contributed by atoms with van der Waals surface area (Å²) < 4.78 is 16.5. The van der Waals surface area contributed by atoms with Crippen LogP contribution in [0.15, 0.2) is 60.8 Å². The van der Waals surface area contributed by atoms with E-state index in [2.05, 4.69) is 16.0 Å². The molecule has 0 aliphatic carbocycles. The van der Waals surface area contributed by atoms with Gasteiger partial charge in [-0.05, 0) is 74.9 Å². The van der Waals surface area contributed by atoms with E-state index in [1.165, 1.54) is 7.11 Å². The molecule has 1 aliphatic rings. The SMILES string of the molecule is COC(=O)c1cc(-c2nc3cc(C4CCN(C(=O)OC(C)(C)C)CC4)cnc3[nH]2)ccc1OCc1ccccc1. The van der Waals surface area contributed by atoms with E-state index in [0.29, 0.717) is 42.5 Å². The molecule has 0 saturated carbocycles. The van der Waals surface area contributed by atoms with Gasteiger partial charge in [-0.25, -0.2) is 19.6 Å². The number of likely N-dealkylation sites (tertiary alicyclic amines) is 1. The van der Waals surface area contributed by atoms with Crippen molar-refractivity contribution in [3.05, 3.63) is 77.5 Å². The van der Waals surface area contributed by atoms with Crippen LogP contribution in [-0.4, -0.2) is 57.7 Å². The first-order chi connectivity index (χ1) is 19.2. The summed E-state index contributed by atoms with van der Waals surface area (Å²) in [6.07, 6.45) is 3.27. The Balaban J connectivity index is 1.32. The second-order valence-corrected chi connectivity index (χ2v) is 10.9. The number of rotatable bonds is 6. The van der Waals surface area contributed by atoms with Gasteiger partial charge in [0, 0.05) is 24.8 Å². The summed E-state index contributed by atoms with van der Waals surface area (Å²) in [4.78, 5) is 39.4. The fraction of sp³-hybridized carbons (Fsp3) is 0.355. The maximum absolute atomic E-state index is 12.6. The number of hydrogen-bond donors (Lipinski definition) is 1. The Bertz CT molecular complexity index is 1500. The van der Waals surface area contributed by atoms with Crippen LogP contribution in [0.5, 0.6) is 5.75 Å². The lowest BCUT2D eigenvalue weighted by atomic mass is 9.90. The molecule has 1 fully saturated rings. The van der Waals surface area contributed by atoms with Crippen LogP contribution in [0.4, 0.5) is 4.79 Å². The topological polar surface area (TPSA) is 107 Å². The van der Waals surface area contributed by atoms with Crippen LogP contribution in [0.3, 0.4) is 0 Å². The van der Waals surface area contributed by atoms with E-state index in [0.717, 1.165) is 35.0 Å². The summed E-state index contributed by atoms with van der Waals surface area (Å²) in [5.41, 5.74) is 4.03. The van der Waals surface area contributed by atoms with Gasteiger partial charge in [-0.2, -0.15) is 0 Å². The summed E-state index contributed by atoms with van der Waals surface area (Å²) in [7, 11) is 1.35. The second kappa shape index (κ2) is 11.4. The molecule has 9 nitrogen and oxygen atoms in total. The molecule has 1 amide bonds. The Morgan fingerprint density at radius 1 is 1.05 bits per heavy atom. The lowest BCUT2D eigenvalue weighted by Gasteiger charge is -2.33. The van der Waals surface area contributed by atoms with Crippen LogP contribution in [-0.2, 0) is 16.1 Å². The molecule has 3 heterocycles. The predicted molar refractivity (Wildman–Crippen MR) is 151 cm³/mol. The minimum Gasteiger partial charge on any atom is -0.488 e. The average molecular weight is 543 g/mol. The Hall–Kier alpha value is -4.40. The molecule has 1 aliphatic heterocycles. The number of pyridine rings is 1. The molecule has 40 heavy (non-hydrogen) atoms. The number of aromatic amines is 1. The Morgan fingerprint density at radius 2 is 1.80 bits per heavy atom. The van der Waals surface area contributed by atoms with E-state index in [1.54, 1.807) is 17.0 Å². The van der Waals surface area contributed by atoms with Crippen LogP contribution in [0.25, 0.3) is 22.6 Å². The molecule has 1 saturated heterocycles. The number of hydrogen-bond acceptors (Lipinski definition) is 7. The van der Waals surface area contributed by atoms with E-state index >= 15 is 0 Å². The summed E-state index contributed by atoms with van der Waals surface area (Å²) >= 11 is 0. The number of benzene rings is 2. The van der Waals surface area contributed by atoms with Gasteiger partial charge in [0.05, 0.1) is 7.11 Å². The summed E-state index contributed by atoms with van der Waals surface area (Å²) in [5, 5.41) is 0. The molecule has 2 aromatic heterocycles. The van der Waals surface area contributed by atoms with Gasteiger partial charge < -0.3 is 24.1 Å². The van der Waals surface area contributed by atoms with Crippen molar-refractivity contribution in [1.29, 1.82) is 0 Å². The maximum Gasteiger partial charge on any atom is 0.410 e. The zero-order valence-corrected chi connectivity index (χ0v) is 23.3. The molecule has 208 valence electrons. The number of carbonyl (C=O) groups is 2. The van der Waals surface area contributed by atoms with Crippen molar-refractivity contribution in [2.45, 2.75) is 51.7 Å². The number of esters is 1. The minimum absolute atomic E-state index is 0.265. The highest BCUT2D eigenvalue weighted by molar-refractivity contribution is 5.94. The molecule has 5 rings (SSSR count). The molecule has 0 bridgehead atoms. The Kier molecular flexibility index (Phi) is 7.73. The van der Waals surface area contributed by atoms with Gasteiger partial charge in [0.2, 0.25) is 0 Å². The normalized spacial score (nSPS) is 14.2. The third kappa shape index (κ3) is 6.25. The van der Waals surface area contributed by atoms with Crippen LogP contribution < -0.4 is 4.74 Å². The van der Waals surface area contributed by atoms with Gasteiger partial charge in [-0.3, -0.25) is 0 Å². The quantitative estimate of drug-likeness (QED) is 0.293. The van der Waals surface area contributed by atoms with Crippen LogP contribution >= 0.6 is 0 Å². The molecular formula is C31H34N4O5. The molecule has 0 radical (unpaired) electrons. The largest absolute Gasteiger partial charge is 0.488 e. The highest BCUT2D eigenvalue weighted by Gasteiger charge is 2.28. The molecule has 0 atom stereocenters. The Morgan fingerprint density at radius 3 is 2.50 bits per heavy atom. The molecule has 2 aromatic carbocycles. The molecular weight excluding hydrogens is 508 g/mol. The van der Waals surface area contributed by atoms with Gasteiger partial charge in [-0.1, -0.05) is 30.3 Å². The second-order valence-electron chi connectivity index (χ2n) is 10.9. The number of nitrogens with one attached hydrogen (secondary N) is 1.